The molecule has 2 amide bonds. The van der Waals surface area contributed by atoms with E-state index in [2.05, 4.69) is 10.0 Å². The molecule has 1 aromatic rings. The van der Waals surface area contributed by atoms with Crippen molar-refractivity contribution in [1.29, 1.82) is 0 Å². The van der Waals surface area contributed by atoms with E-state index in [9.17, 15) is 18.0 Å². The van der Waals surface area contributed by atoms with Gasteiger partial charge in [0.05, 0.1) is 6.54 Å². The molecule has 0 atom stereocenters. The second-order valence-electron chi connectivity index (χ2n) is 5.09. The summed E-state index contributed by atoms with van der Waals surface area (Å²) in [5, 5.41) is 4.21. The van der Waals surface area contributed by atoms with Gasteiger partial charge in [-0.15, -0.1) is 11.3 Å². The summed E-state index contributed by atoms with van der Waals surface area (Å²) in [5.74, 6) is -0.636. The number of nitrogens with zero attached hydrogens (tertiary/aromatic N) is 1. The summed E-state index contributed by atoms with van der Waals surface area (Å²) in [6.45, 7) is 0.739. The highest BCUT2D eigenvalue weighted by molar-refractivity contribution is 7.89. The van der Waals surface area contributed by atoms with Gasteiger partial charge in [0.15, 0.2) is 0 Å². The lowest BCUT2D eigenvalue weighted by atomic mass is 10.3. The number of hydrogen-bond donors (Lipinski definition) is 2. The lowest BCUT2D eigenvalue weighted by Gasteiger charge is -2.26. The molecule has 0 radical (unpaired) electrons. The van der Waals surface area contributed by atoms with Gasteiger partial charge in [0, 0.05) is 19.1 Å². The van der Waals surface area contributed by atoms with Crippen LogP contribution in [0.2, 0.25) is 0 Å². The Morgan fingerprint density at radius 2 is 2.19 bits per heavy atom. The Hall–Kier alpha value is -1.45. The first-order valence-corrected chi connectivity index (χ1v) is 8.99. The highest BCUT2D eigenvalue weighted by atomic mass is 32.2. The molecule has 0 spiro atoms. The zero-order chi connectivity index (χ0) is 15.0. The highest BCUT2D eigenvalue weighted by Gasteiger charge is 2.33. The van der Waals surface area contributed by atoms with E-state index in [4.69, 9.17) is 0 Å². The van der Waals surface area contributed by atoms with Crippen molar-refractivity contribution in [2.24, 2.45) is 0 Å². The predicted molar refractivity (Wildman–Crippen MR) is 76.6 cm³/mol. The lowest BCUT2D eigenvalue weighted by Crippen LogP contribution is -2.50. The standard InChI is InChI=1S/C12H15N3O4S2/c16-10-7-15(5-4-13-10)12(17)11-9(3-6-20-11)21(18,19)14-8-1-2-8/h3,6,8,14H,1-2,4-5,7H2,(H,13,16). The normalized spacial score (nSPS) is 19.4. The van der Waals surface area contributed by atoms with E-state index in [0.29, 0.717) is 13.1 Å². The Morgan fingerprint density at radius 3 is 2.86 bits per heavy atom. The molecule has 21 heavy (non-hydrogen) atoms. The Balaban J connectivity index is 1.84. The number of carbonyl (C=O) groups is 2. The minimum absolute atomic E-state index is 0.00961. The first-order chi connectivity index (χ1) is 9.97. The minimum Gasteiger partial charge on any atom is -0.353 e. The van der Waals surface area contributed by atoms with E-state index >= 15 is 0 Å². The van der Waals surface area contributed by atoms with Crippen molar-refractivity contribution >= 4 is 33.2 Å². The summed E-state index contributed by atoms with van der Waals surface area (Å²) in [6.07, 6.45) is 1.66. The van der Waals surface area contributed by atoms with Gasteiger partial charge < -0.3 is 10.2 Å². The van der Waals surface area contributed by atoms with Crippen molar-refractivity contribution in [3.05, 3.63) is 16.3 Å². The maximum Gasteiger partial charge on any atom is 0.265 e. The van der Waals surface area contributed by atoms with Gasteiger partial charge in [-0.25, -0.2) is 13.1 Å². The molecule has 1 saturated heterocycles. The van der Waals surface area contributed by atoms with E-state index in [1.54, 1.807) is 5.38 Å². The largest absolute Gasteiger partial charge is 0.353 e. The van der Waals surface area contributed by atoms with Crippen LogP contribution >= 0.6 is 11.3 Å². The number of amides is 2. The van der Waals surface area contributed by atoms with Crippen LogP contribution in [-0.4, -0.2) is 50.8 Å². The SMILES string of the molecule is O=C1CN(C(=O)c2sccc2S(=O)(=O)NC2CC2)CCN1. The summed E-state index contributed by atoms with van der Waals surface area (Å²) in [7, 11) is -3.67. The van der Waals surface area contributed by atoms with Crippen LogP contribution in [-0.2, 0) is 14.8 Å². The first kappa shape index (κ1) is 14.5. The van der Waals surface area contributed by atoms with Crippen LogP contribution in [0.4, 0.5) is 0 Å². The molecule has 1 aliphatic carbocycles. The zero-order valence-electron chi connectivity index (χ0n) is 11.2. The monoisotopic (exact) mass is 329 g/mol. The van der Waals surface area contributed by atoms with Crippen molar-refractivity contribution in [3.8, 4) is 0 Å². The fourth-order valence-electron chi connectivity index (χ4n) is 2.10. The van der Waals surface area contributed by atoms with Crippen LogP contribution < -0.4 is 10.0 Å². The Morgan fingerprint density at radius 1 is 1.43 bits per heavy atom. The first-order valence-electron chi connectivity index (χ1n) is 6.63. The number of thiophene rings is 1. The van der Waals surface area contributed by atoms with Gasteiger partial charge in [-0.3, -0.25) is 9.59 Å². The second-order valence-corrected chi connectivity index (χ2v) is 7.68. The minimum atomic E-state index is -3.67. The third-order valence-electron chi connectivity index (χ3n) is 3.34. The molecule has 9 heteroatoms. The molecule has 2 N–H and O–H groups in total. The lowest BCUT2D eigenvalue weighted by molar-refractivity contribution is -0.123. The van der Waals surface area contributed by atoms with Gasteiger partial charge >= 0.3 is 0 Å². The van der Waals surface area contributed by atoms with Crippen LogP contribution in [0.3, 0.4) is 0 Å². The molecule has 2 fully saturated rings. The number of nitrogens with one attached hydrogen (secondary N) is 2. The molecular weight excluding hydrogens is 314 g/mol. The van der Waals surface area contributed by atoms with Crippen LogP contribution in [0.25, 0.3) is 0 Å². The second kappa shape index (κ2) is 5.39. The molecule has 1 saturated carbocycles. The summed E-state index contributed by atoms with van der Waals surface area (Å²) in [5.41, 5.74) is 0. The number of carbonyl (C=O) groups excluding carboxylic acids is 2. The molecule has 7 nitrogen and oxygen atoms in total. The van der Waals surface area contributed by atoms with Gasteiger partial charge in [-0.05, 0) is 24.3 Å². The molecular formula is C12H15N3O4S2. The molecule has 0 unspecified atom stereocenters. The van der Waals surface area contributed by atoms with Crippen LogP contribution in [0.1, 0.15) is 22.5 Å². The average molecular weight is 329 g/mol. The molecule has 2 aliphatic rings. The molecule has 2 heterocycles. The van der Waals surface area contributed by atoms with E-state index in [1.807, 2.05) is 0 Å². The Labute approximate surface area is 126 Å². The fourth-order valence-corrected chi connectivity index (χ4v) is 4.80. The van der Waals surface area contributed by atoms with Gasteiger partial charge in [0.25, 0.3) is 5.91 Å². The predicted octanol–water partition coefficient (Wildman–Crippen LogP) is -0.239. The van der Waals surface area contributed by atoms with Gasteiger partial charge in [0.1, 0.15) is 9.77 Å². The van der Waals surface area contributed by atoms with E-state index in [-0.39, 0.29) is 28.3 Å². The molecule has 1 aliphatic heterocycles. The number of rotatable bonds is 4. The van der Waals surface area contributed by atoms with Crippen LogP contribution in [0.15, 0.2) is 16.3 Å². The fraction of sp³-hybridized carbons (Fsp3) is 0.500. The number of hydrogen-bond acceptors (Lipinski definition) is 5. The van der Waals surface area contributed by atoms with E-state index in [0.717, 1.165) is 24.2 Å². The Bertz CT molecular complexity index is 678. The van der Waals surface area contributed by atoms with Gasteiger partial charge in [0.2, 0.25) is 15.9 Å². The third-order valence-corrected chi connectivity index (χ3v) is 5.93. The average Bonchev–Trinajstić information content (AvgIpc) is 3.08. The van der Waals surface area contributed by atoms with Crippen molar-refractivity contribution in [2.75, 3.05) is 19.6 Å². The quantitative estimate of drug-likeness (QED) is 0.797. The zero-order valence-corrected chi connectivity index (χ0v) is 12.8. The van der Waals surface area contributed by atoms with Crippen molar-refractivity contribution in [2.45, 2.75) is 23.8 Å². The summed E-state index contributed by atoms with van der Waals surface area (Å²) >= 11 is 1.08. The summed E-state index contributed by atoms with van der Waals surface area (Å²) < 4.78 is 27.1. The van der Waals surface area contributed by atoms with E-state index < -0.39 is 15.9 Å². The topological polar surface area (TPSA) is 95.6 Å². The van der Waals surface area contributed by atoms with Crippen molar-refractivity contribution in [3.63, 3.8) is 0 Å². The molecule has 114 valence electrons. The maximum atomic E-state index is 12.4. The van der Waals surface area contributed by atoms with E-state index in [1.165, 1.54) is 11.0 Å². The Kier molecular flexibility index (Phi) is 3.72. The number of piperazine rings is 1. The van der Waals surface area contributed by atoms with Crippen molar-refractivity contribution in [1.82, 2.24) is 14.9 Å². The molecule has 0 aromatic carbocycles. The molecule has 3 rings (SSSR count). The molecule has 1 aromatic heterocycles. The van der Waals surface area contributed by atoms with Gasteiger partial charge in [-0.1, -0.05) is 0 Å². The van der Waals surface area contributed by atoms with Crippen LogP contribution in [0.5, 0.6) is 0 Å². The smallest absolute Gasteiger partial charge is 0.265 e. The van der Waals surface area contributed by atoms with Crippen molar-refractivity contribution < 1.29 is 18.0 Å². The maximum absolute atomic E-state index is 12.4. The highest BCUT2D eigenvalue weighted by Crippen LogP contribution is 2.27. The molecule has 0 bridgehead atoms. The number of sulfonamides is 1. The van der Waals surface area contributed by atoms with Gasteiger partial charge in [-0.2, -0.15) is 0 Å². The summed E-state index contributed by atoms with van der Waals surface area (Å²) in [4.78, 5) is 25.3. The third kappa shape index (κ3) is 3.09. The summed E-state index contributed by atoms with van der Waals surface area (Å²) in [6, 6.07) is 1.42. The van der Waals surface area contributed by atoms with Crippen LogP contribution in [0, 0.1) is 0 Å².